The van der Waals surface area contributed by atoms with Gasteiger partial charge in [0, 0.05) is 25.2 Å². The van der Waals surface area contributed by atoms with Gasteiger partial charge in [0.2, 0.25) is 11.8 Å². The van der Waals surface area contributed by atoms with Crippen LogP contribution in [-0.2, 0) is 26.2 Å². The van der Waals surface area contributed by atoms with Crippen molar-refractivity contribution in [3.05, 3.63) is 100 Å². The lowest BCUT2D eigenvalue weighted by Gasteiger charge is -2.32. The number of nitrogens with one attached hydrogen (secondary N) is 1. The Morgan fingerprint density at radius 2 is 1.69 bits per heavy atom. The highest BCUT2D eigenvalue weighted by atomic mass is 32.2. The summed E-state index contributed by atoms with van der Waals surface area (Å²) in [4.78, 5) is 38.8. The number of carbonyl (C=O) groups excluding carboxylic acids is 2. The summed E-state index contributed by atoms with van der Waals surface area (Å²) in [5.74, 6) is -1.01. The molecule has 1 N–H and O–H groups in total. The zero-order valence-corrected chi connectivity index (χ0v) is 22.9. The molecule has 0 aliphatic heterocycles. The monoisotopic (exact) mass is 552 g/mol. The molecule has 0 fully saturated rings. The van der Waals surface area contributed by atoms with Gasteiger partial charge in [0.25, 0.3) is 15.7 Å². The van der Waals surface area contributed by atoms with E-state index in [4.69, 9.17) is 0 Å². The van der Waals surface area contributed by atoms with E-state index in [1.54, 1.807) is 25.1 Å². The number of nitro groups is 1. The van der Waals surface area contributed by atoms with Crippen molar-refractivity contribution in [3.63, 3.8) is 0 Å². The van der Waals surface area contributed by atoms with Gasteiger partial charge in [-0.25, -0.2) is 8.42 Å². The fraction of sp³-hybridized carbons (Fsp3) is 0.286. The minimum Gasteiger partial charge on any atom is -0.354 e. The summed E-state index contributed by atoms with van der Waals surface area (Å²) in [5.41, 5.74) is 1.37. The van der Waals surface area contributed by atoms with Crippen molar-refractivity contribution >= 4 is 33.2 Å². The van der Waals surface area contributed by atoms with Gasteiger partial charge in [0.05, 0.1) is 15.5 Å². The summed E-state index contributed by atoms with van der Waals surface area (Å²) in [6.07, 6.45) is 0.709. The van der Waals surface area contributed by atoms with Gasteiger partial charge in [-0.3, -0.25) is 24.0 Å². The summed E-state index contributed by atoms with van der Waals surface area (Å²) >= 11 is 0. The summed E-state index contributed by atoms with van der Waals surface area (Å²) in [6, 6.07) is 19.2. The number of anilines is 1. The van der Waals surface area contributed by atoms with Crippen LogP contribution in [0.2, 0.25) is 0 Å². The molecular weight excluding hydrogens is 520 g/mol. The van der Waals surface area contributed by atoms with E-state index in [9.17, 15) is 28.1 Å². The van der Waals surface area contributed by atoms with Crippen molar-refractivity contribution in [2.75, 3.05) is 17.4 Å². The van der Waals surface area contributed by atoms with Gasteiger partial charge in [-0.15, -0.1) is 0 Å². The second-order valence-electron chi connectivity index (χ2n) is 9.08. The molecule has 1 atom stereocenters. The molecule has 0 spiro atoms. The van der Waals surface area contributed by atoms with Gasteiger partial charge >= 0.3 is 0 Å². The third-order valence-electron chi connectivity index (χ3n) is 6.09. The summed E-state index contributed by atoms with van der Waals surface area (Å²) in [6.45, 7) is 5.22. The number of rotatable bonds is 12. The zero-order chi connectivity index (χ0) is 28.6. The molecule has 10 nitrogen and oxygen atoms in total. The molecule has 0 heterocycles. The summed E-state index contributed by atoms with van der Waals surface area (Å²) in [7, 11) is -4.30. The lowest BCUT2D eigenvalue weighted by molar-refractivity contribution is -0.384. The molecule has 0 bridgehead atoms. The predicted molar refractivity (Wildman–Crippen MR) is 149 cm³/mol. The Hall–Kier alpha value is -4.25. The maximum atomic E-state index is 13.8. The van der Waals surface area contributed by atoms with Crippen LogP contribution in [0, 0.1) is 17.0 Å². The van der Waals surface area contributed by atoms with Crippen LogP contribution in [0.15, 0.2) is 83.8 Å². The van der Waals surface area contributed by atoms with E-state index in [0.29, 0.717) is 13.0 Å². The van der Waals surface area contributed by atoms with E-state index in [0.717, 1.165) is 21.5 Å². The number of non-ortho nitro benzene ring substituents is 1. The van der Waals surface area contributed by atoms with E-state index in [1.165, 1.54) is 35.2 Å². The molecule has 0 radical (unpaired) electrons. The Balaban J connectivity index is 2.05. The molecule has 2 amide bonds. The standard InChI is InChI=1S/C28H32N4O6S/c1-4-16-29-28(34)22(3)30(19-23-11-8-10-21(2)17-23)27(33)20-31(24-12-9-13-25(18-24)32(35)36)39(37,38)26-14-6-5-7-15-26/h5-15,17-18,22H,4,16,19-20H2,1-3H3,(H,29,34)/t22-/m0/s1. The Morgan fingerprint density at radius 1 is 1.00 bits per heavy atom. The van der Waals surface area contributed by atoms with Crippen molar-refractivity contribution in [1.82, 2.24) is 10.2 Å². The van der Waals surface area contributed by atoms with E-state index < -0.39 is 33.4 Å². The normalized spacial score (nSPS) is 11.9. The van der Waals surface area contributed by atoms with E-state index in [-0.39, 0.29) is 28.7 Å². The van der Waals surface area contributed by atoms with E-state index in [1.807, 2.05) is 38.1 Å². The van der Waals surface area contributed by atoms with Crippen LogP contribution in [0.3, 0.4) is 0 Å². The first-order valence-electron chi connectivity index (χ1n) is 12.5. The Kier molecular flexibility index (Phi) is 9.78. The Morgan fingerprint density at radius 3 is 2.33 bits per heavy atom. The number of nitro benzene ring substituents is 1. The van der Waals surface area contributed by atoms with Gasteiger partial charge < -0.3 is 10.2 Å². The molecule has 206 valence electrons. The van der Waals surface area contributed by atoms with Crippen LogP contribution >= 0.6 is 0 Å². The number of aryl methyl sites for hydroxylation is 1. The minimum absolute atomic E-state index is 0.0417. The van der Waals surface area contributed by atoms with Crippen LogP contribution in [0.5, 0.6) is 0 Å². The lowest BCUT2D eigenvalue weighted by Crippen LogP contribution is -2.51. The molecule has 3 aromatic carbocycles. The van der Waals surface area contributed by atoms with Crippen LogP contribution in [0.1, 0.15) is 31.4 Å². The first-order chi connectivity index (χ1) is 18.5. The number of sulfonamides is 1. The van der Waals surface area contributed by atoms with Crippen molar-refractivity contribution in [3.8, 4) is 0 Å². The lowest BCUT2D eigenvalue weighted by atomic mass is 10.1. The third kappa shape index (κ3) is 7.41. The molecule has 0 aromatic heterocycles. The quantitative estimate of drug-likeness (QED) is 0.267. The fourth-order valence-electron chi connectivity index (χ4n) is 4.00. The number of hydrogen-bond donors (Lipinski definition) is 1. The van der Waals surface area contributed by atoms with Crippen molar-refractivity contribution in [2.24, 2.45) is 0 Å². The molecular formula is C28H32N4O6S. The highest BCUT2D eigenvalue weighted by molar-refractivity contribution is 7.92. The first kappa shape index (κ1) is 29.3. The van der Waals surface area contributed by atoms with Gasteiger partial charge in [-0.1, -0.05) is 61.0 Å². The van der Waals surface area contributed by atoms with Crippen molar-refractivity contribution < 1.29 is 22.9 Å². The van der Waals surface area contributed by atoms with Crippen LogP contribution in [0.4, 0.5) is 11.4 Å². The number of benzene rings is 3. The molecule has 0 saturated carbocycles. The van der Waals surface area contributed by atoms with Crippen molar-refractivity contribution in [2.45, 2.75) is 44.7 Å². The molecule has 0 unspecified atom stereocenters. The molecule has 11 heteroatoms. The topological polar surface area (TPSA) is 130 Å². The van der Waals surface area contributed by atoms with E-state index in [2.05, 4.69) is 5.32 Å². The Bertz CT molecular complexity index is 1430. The number of amides is 2. The largest absolute Gasteiger partial charge is 0.354 e. The molecule has 0 aliphatic rings. The molecule has 39 heavy (non-hydrogen) atoms. The molecule has 3 aromatic rings. The summed E-state index contributed by atoms with van der Waals surface area (Å²) < 4.78 is 28.3. The Labute approximate surface area is 228 Å². The second-order valence-corrected chi connectivity index (χ2v) is 10.9. The molecule has 0 saturated heterocycles. The SMILES string of the molecule is CCCNC(=O)[C@H](C)N(Cc1cccc(C)c1)C(=O)CN(c1cccc([N+](=O)[O-])c1)S(=O)(=O)c1ccccc1. The number of carbonyl (C=O) groups is 2. The average Bonchev–Trinajstić information content (AvgIpc) is 2.93. The number of hydrogen-bond acceptors (Lipinski definition) is 6. The van der Waals surface area contributed by atoms with Crippen molar-refractivity contribution in [1.29, 1.82) is 0 Å². The van der Waals surface area contributed by atoms with Gasteiger partial charge in [0.1, 0.15) is 12.6 Å². The van der Waals surface area contributed by atoms with Crippen LogP contribution in [0.25, 0.3) is 0 Å². The minimum atomic E-state index is -4.30. The second kappa shape index (κ2) is 13.0. The smallest absolute Gasteiger partial charge is 0.271 e. The fourth-order valence-corrected chi connectivity index (χ4v) is 5.42. The maximum Gasteiger partial charge on any atom is 0.271 e. The molecule has 0 aliphatic carbocycles. The number of nitrogens with zero attached hydrogens (tertiary/aromatic N) is 3. The maximum absolute atomic E-state index is 13.8. The molecule has 3 rings (SSSR count). The van der Waals surface area contributed by atoms with E-state index >= 15 is 0 Å². The van der Waals surface area contributed by atoms with Crippen LogP contribution < -0.4 is 9.62 Å². The van der Waals surface area contributed by atoms with Gasteiger partial charge in [0.15, 0.2) is 0 Å². The van der Waals surface area contributed by atoms with Crippen LogP contribution in [-0.4, -0.2) is 49.2 Å². The zero-order valence-electron chi connectivity index (χ0n) is 22.1. The van der Waals surface area contributed by atoms with Gasteiger partial charge in [-0.2, -0.15) is 0 Å². The summed E-state index contributed by atoms with van der Waals surface area (Å²) in [5, 5.41) is 14.2. The highest BCUT2D eigenvalue weighted by Crippen LogP contribution is 2.27. The predicted octanol–water partition coefficient (Wildman–Crippen LogP) is 4.04. The first-order valence-corrected chi connectivity index (χ1v) is 13.9. The highest BCUT2D eigenvalue weighted by Gasteiger charge is 2.33. The third-order valence-corrected chi connectivity index (χ3v) is 7.88. The average molecular weight is 553 g/mol. The van der Waals surface area contributed by atoms with Gasteiger partial charge in [-0.05, 0) is 44.0 Å².